The molecule has 1 unspecified atom stereocenters. The van der Waals surface area contributed by atoms with Crippen LogP contribution < -0.4 is 10.1 Å². The Bertz CT molecular complexity index is 368. The summed E-state index contributed by atoms with van der Waals surface area (Å²) in [4.78, 5) is 1.35. The lowest BCUT2D eigenvalue weighted by molar-refractivity contribution is 0.400. The third kappa shape index (κ3) is 5.07. The van der Waals surface area contributed by atoms with Crippen LogP contribution in [0.4, 0.5) is 0 Å². The highest BCUT2D eigenvalue weighted by Crippen LogP contribution is 2.35. The van der Waals surface area contributed by atoms with Crippen molar-refractivity contribution in [1.82, 2.24) is 5.32 Å². The zero-order valence-electron chi connectivity index (χ0n) is 12.7. The average molecular weight is 281 g/mol. The van der Waals surface area contributed by atoms with Crippen molar-refractivity contribution in [2.45, 2.75) is 51.0 Å². The molecule has 0 spiro atoms. The van der Waals surface area contributed by atoms with E-state index in [0.717, 1.165) is 12.3 Å². The summed E-state index contributed by atoms with van der Waals surface area (Å²) < 4.78 is 5.53. The topological polar surface area (TPSA) is 21.3 Å². The molecule has 3 heteroatoms. The molecule has 1 rings (SSSR count). The van der Waals surface area contributed by atoms with E-state index < -0.39 is 0 Å². The Labute approximate surface area is 122 Å². The van der Waals surface area contributed by atoms with E-state index >= 15 is 0 Å². The summed E-state index contributed by atoms with van der Waals surface area (Å²) in [6.07, 6.45) is 3.88. The zero-order valence-corrected chi connectivity index (χ0v) is 13.5. The SMILES string of the molecule is CCCCCSc1cccc(OC)c1C(C)NCC. The lowest BCUT2D eigenvalue weighted by Crippen LogP contribution is -2.19. The molecule has 0 aliphatic carbocycles. The number of ether oxygens (including phenoxy) is 1. The predicted octanol–water partition coefficient (Wildman–Crippen LogP) is 4.65. The molecule has 1 N–H and O–H groups in total. The number of methoxy groups -OCH3 is 1. The van der Waals surface area contributed by atoms with Crippen LogP contribution in [-0.2, 0) is 0 Å². The molecule has 0 aliphatic rings. The number of hydrogen-bond acceptors (Lipinski definition) is 3. The first kappa shape index (κ1) is 16.4. The summed E-state index contributed by atoms with van der Waals surface area (Å²) in [5.74, 6) is 2.18. The van der Waals surface area contributed by atoms with Crippen molar-refractivity contribution in [3.63, 3.8) is 0 Å². The lowest BCUT2D eigenvalue weighted by atomic mass is 10.1. The highest BCUT2D eigenvalue weighted by Gasteiger charge is 2.15. The van der Waals surface area contributed by atoms with Gasteiger partial charge in [-0.05, 0) is 37.8 Å². The minimum absolute atomic E-state index is 0.329. The molecule has 19 heavy (non-hydrogen) atoms. The largest absolute Gasteiger partial charge is 0.496 e. The Morgan fingerprint density at radius 2 is 2.05 bits per heavy atom. The molecule has 0 radical (unpaired) electrons. The second-order valence-electron chi connectivity index (χ2n) is 4.71. The highest BCUT2D eigenvalue weighted by molar-refractivity contribution is 7.99. The fourth-order valence-corrected chi connectivity index (χ4v) is 3.37. The number of hydrogen-bond donors (Lipinski definition) is 1. The quantitative estimate of drug-likeness (QED) is 0.526. The van der Waals surface area contributed by atoms with Gasteiger partial charge in [0.25, 0.3) is 0 Å². The summed E-state index contributed by atoms with van der Waals surface area (Å²) in [7, 11) is 1.75. The van der Waals surface area contributed by atoms with E-state index in [-0.39, 0.29) is 0 Å². The Morgan fingerprint density at radius 1 is 1.26 bits per heavy atom. The fourth-order valence-electron chi connectivity index (χ4n) is 2.20. The van der Waals surface area contributed by atoms with Crippen LogP contribution >= 0.6 is 11.8 Å². The van der Waals surface area contributed by atoms with Gasteiger partial charge in [-0.3, -0.25) is 0 Å². The van der Waals surface area contributed by atoms with Gasteiger partial charge >= 0.3 is 0 Å². The third-order valence-electron chi connectivity index (χ3n) is 3.19. The maximum Gasteiger partial charge on any atom is 0.124 e. The molecule has 0 aliphatic heterocycles. The van der Waals surface area contributed by atoms with Crippen molar-refractivity contribution in [1.29, 1.82) is 0 Å². The van der Waals surface area contributed by atoms with Gasteiger partial charge in [-0.25, -0.2) is 0 Å². The van der Waals surface area contributed by atoms with Crippen molar-refractivity contribution in [3.8, 4) is 5.75 Å². The number of nitrogens with one attached hydrogen (secondary N) is 1. The second kappa shape index (κ2) is 9.27. The molecule has 108 valence electrons. The zero-order chi connectivity index (χ0) is 14.1. The molecule has 0 bridgehead atoms. The second-order valence-corrected chi connectivity index (χ2v) is 5.84. The van der Waals surface area contributed by atoms with Gasteiger partial charge in [0.2, 0.25) is 0 Å². The summed E-state index contributed by atoms with van der Waals surface area (Å²) in [5.41, 5.74) is 1.30. The van der Waals surface area contributed by atoms with E-state index in [2.05, 4.69) is 44.3 Å². The lowest BCUT2D eigenvalue weighted by Gasteiger charge is -2.20. The molecule has 1 aromatic carbocycles. The Morgan fingerprint density at radius 3 is 2.68 bits per heavy atom. The molecule has 0 fully saturated rings. The molecule has 1 atom stereocenters. The molecule has 2 nitrogen and oxygen atoms in total. The minimum Gasteiger partial charge on any atom is -0.496 e. The Hall–Kier alpha value is -0.670. The maximum atomic E-state index is 5.53. The molecule has 1 aromatic rings. The molecule has 0 saturated carbocycles. The van der Waals surface area contributed by atoms with Crippen LogP contribution in [0, 0.1) is 0 Å². The standard InChI is InChI=1S/C16H27NOS/c1-5-7-8-12-19-15-11-9-10-14(18-4)16(15)13(3)17-6-2/h9-11,13,17H,5-8,12H2,1-4H3. The van der Waals surface area contributed by atoms with Gasteiger partial charge in [-0.1, -0.05) is 32.8 Å². The molecule has 0 aromatic heterocycles. The van der Waals surface area contributed by atoms with Crippen LogP contribution in [0.25, 0.3) is 0 Å². The molecular formula is C16H27NOS. The monoisotopic (exact) mass is 281 g/mol. The maximum absolute atomic E-state index is 5.53. The first-order valence-electron chi connectivity index (χ1n) is 7.27. The van der Waals surface area contributed by atoms with Gasteiger partial charge in [0, 0.05) is 16.5 Å². The van der Waals surface area contributed by atoms with E-state index in [1.165, 1.54) is 35.5 Å². The number of benzene rings is 1. The molecule has 0 heterocycles. The van der Waals surface area contributed by atoms with Crippen LogP contribution in [0.1, 0.15) is 51.6 Å². The van der Waals surface area contributed by atoms with Crippen molar-refractivity contribution in [3.05, 3.63) is 23.8 Å². The van der Waals surface area contributed by atoms with Gasteiger partial charge in [-0.15, -0.1) is 11.8 Å². The predicted molar refractivity (Wildman–Crippen MR) is 85.3 cm³/mol. The van der Waals surface area contributed by atoms with E-state index in [0.29, 0.717) is 6.04 Å². The summed E-state index contributed by atoms with van der Waals surface area (Å²) in [6.45, 7) is 7.56. The van der Waals surface area contributed by atoms with Crippen molar-refractivity contribution >= 4 is 11.8 Å². The first-order chi connectivity index (χ1) is 9.24. The van der Waals surface area contributed by atoms with Gasteiger partial charge in [-0.2, -0.15) is 0 Å². The summed E-state index contributed by atoms with van der Waals surface area (Å²) in [5, 5.41) is 3.49. The van der Waals surface area contributed by atoms with Gasteiger partial charge < -0.3 is 10.1 Å². The minimum atomic E-state index is 0.329. The van der Waals surface area contributed by atoms with Crippen molar-refractivity contribution in [2.75, 3.05) is 19.4 Å². The van der Waals surface area contributed by atoms with E-state index in [1.54, 1.807) is 7.11 Å². The molecular weight excluding hydrogens is 254 g/mol. The third-order valence-corrected chi connectivity index (χ3v) is 4.35. The molecule has 0 amide bonds. The number of rotatable bonds is 9. The van der Waals surface area contributed by atoms with Crippen LogP contribution in [-0.4, -0.2) is 19.4 Å². The van der Waals surface area contributed by atoms with Crippen LogP contribution in [0.5, 0.6) is 5.75 Å². The average Bonchev–Trinajstić information content (AvgIpc) is 2.43. The Kier molecular flexibility index (Phi) is 7.99. The van der Waals surface area contributed by atoms with Crippen molar-refractivity contribution in [2.24, 2.45) is 0 Å². The van der Waals surface area contributed by atoms with E-state index in [1.807, 2.05) is 11.8 Å². The van der Waals surface area contributed by atoms with E-state index in [4.69, 9.17) is 4.74 Å². The summed E-state index contributed by atoms with van der Waals surface area (Å²) in [6, 6.07) is 6.68. The normalized spacial score (nSPS) is 12.4. The fraction of sp³-hybridized carbons (Fsp3) is 0.625. The Balaban J connectivity index is 2.82. The van der Waals surface area contributed by atoms with Crippen molar-refractivity contribution < 1.29 is 4.74 Å². The van der Waals surface area contributed by atoms with Gasteiger partial charge in [0.1, 0.15) is 5.75 Å². The number of thioether (sulfide) groups is 1. The van der Waals surface area contributed by atoms with Crippen LogP contribution in [0.15, 0.2) is 23.1 Å². The highest BCUT2D eigenvalue weighted by atomic mass is 32.2. The summed E-state index contributed by atoms with van der Waals surface area (Å²) >= 11 is 1.95. The van der Waals surface area contributed by atoms with Gasteiger partial charge in [0.15, 0.2) is 0 Å². The first-order valence-corrected chi connectivity index (χ1v) is 8.26. The van der Waals surface area contributed by atoms with Gasteiger partial charge in [0.05, 0.1) is 7.11 Å². The molecule has 0 saturated heterocycles. The van der Waals surface area contributed by atoms with Crippen LogP contribution in [0.3, 0.4) is 0 Å². The number of unbranched alkanes of at least 4 members (excludes halogenated alkanes) is 2. The van der Waals surface area contributed by atoms with E-state index in [9.17, 15) is 0 Å². The smallest absolute Gasteiger partial charge is 0.124 e. The van der Waals surface area contributed by atoms with Crippen LogP contribution in [0.2, 0.25) is 0 Å².